The van der Waals surface area contributed by atoms with Crippen molar-refractivity contribution in [1.82, 2.24) is 10.1 Å². The molecule has 17 heavy (non-hydrogen) atoms. The number of rotatable bonds is 3. The Morgan fingerprint density at radius 1 is 1.41 bits per heavy atom. The first-order chi connectivity index (χ1) is 8.13. The summed E-state index contributed by atoms with van der Waals surface area (Å²) in [6.45, 7) is 6.16. The van der Waals surface area contributed by atoms with Crippen LogP contribution in [0.4, 0.5) is 5.69 Å². The molecule has 0 aliphatic rings. The molecule has 2 aromatic rings. The normalized spacial score (nSPS) is 12.6. The smallest absolute Gasteiger partial charge is 0.260 e. The van der Waals surface area contributed by atoms with Crippen LogP contribution in [0.25, 0.3) is 11.5 Å². The fraction of sp³-hybridized carbons (Fsp3) is 0.385. The quantitative estimate of drug-likeness (QED) is 0.824. The van der Waals surface area contributed by atoms with Crippen molar-refractivity contribution in [2.45, 2.75) is 33.1 Å². The fourth-order valence-corrected chi connectivity index (χ4v) is 1.70. The van der Waals surface area contributed by atoms with E-state index in [1.54, 1.807) is 0 Å². The van der Waals surface area contributed by atoms with Crippen LogP contribution in [0.1, 0.15) is 37.6 Å². The maximum Gasteiger partial charge on any atom is 0.260 e. The largest absolute Gasteiger partial charge is 0.398 e. The first-order valence-electron chi connectivity index (χ1n) is 5.82. The van der Waals surface area contributed by atoms with Crippen molar-refractivity contribution in [3.63, 3.8) is 0 Å². The highest BCUT2D eigenvalue weighted by Gasteiger charge is 2.16. The van der Waals surface area contributed by atoms with Crippen LogP contribution in [0.3, 0.4) is 0 Å². The van der Waals surface area contributed by atoms with E-state index in [-0.39, 0.29) is 0 Å². The van der Waals surface area contributed by atoms with Crippen LogP contribution in [-0.2, 0) is 0 Å². The lowest BCUT2D eigenvalue weighted by molar-refractivity contribution is 0.416. The molecule has 2 rings (SSSR count). The Morgan fingerprint density at radius 2 is 2.18 bits per heavy atom. The average molecular weight is 231 g/mol. The molecule has 0 fully saturated rings. The first kappa shape index (κ1) is 11.6. The zero-order valence-corrected chi connectivity index (χ0v) is 10.4. The molecule has 0 saturated carbocycles. The number of hydrogen-bond donors (Lipinski definition) is 1. The summed E-state index contributed by atoms with van der Waals surface area (Å²) in [7, 11) is 0. The van der Waals surface area contributed by atoms with E-state index in [1.807, 2.05) is 25.1 Å². The van der Waals surface area contributed by atoms with Gasteiger partial charge in [0.05, 0.1) is 5.56 Å². The van der Waals surface area contributed by atoms with Gasteiger partial charge in [0.25, 0.3) is 5.89 Å². The molecule has 0 radical (unpaired) electrons. The SMILES string of the molecule is CCC(C)c1noc(-c2c(C)cccc2N)n1. The topological polar surface area (TPSA) is 64.9 Å². The summed E-state index contributed by atoms with van der Waals surface area (Å²) in [5, 5.41) is 4.00. The van der Waals surface area contributed by atoms with E-state index in [9.17, 15) is 0 Å². The van der Waals surface area contributed by atoms with Gasteiger partial charge in [0, 0.05) is 11.6 Å². The molecule has 0 aliphatic heterocycles. The molecule has 0 aliphatic carbocycles. The number of nitrogens with zero attached hydrogens (tertiary/aromatic N) is 2. The second kappa shape index (κ2) is 4.57. The fourth-order valence-electron chi connectivity index (χ4n) is 1.70. The zero-order chi connectivity index (χ0) is 12.4. The Hall–Kier alpha value is -1.84. The summed E-state index contributed by atoms with van der Waals surface area (Å²) in [5.74, 6) is 1.55. The number of aryl methyl sites for hydroxylation is 1. The summed E-state index contributed by atoms with van der Waals surface area (Å²) in [6.07, 6.45) is 0.988. The molecule has 2 N–H and O–H groups in total. The van der Waals surface area contributed by atoms with Gasteiger partial charge in [0.2, 0.25) is 0 Å². The van der Waals surface area contributed by atoms with Gasteiger partial charge in [-0.1, -0.05) is 31.1 Å². The standard InChI is InChI=1S/C13H17N3O/c1-4-8(2)12-15-13(17-16-12)11-9(3)6-5-7-10(11)14/h5-8H,4,14H2,1-3H3. The number of anilines is 1. The van der Waals surface area contributed by atoms with Gasteiger partial charge in [-0.3, -0.25) is 0 Å². The van der Waals surface area contributed by atoms with Crippen LogP contribution in [0, 0.1) is 6.92 Å². The van der Waals surface area contributed by atoms with Crippen LogP contribution in [-0.4, -0.2) is 10.1 Å². The molecule has 4 heteroatoms. The molecular formula is C13H17N3O. The second-order valence-corrected chi connectivity index (χ2v) is 4.31. The van der Waals surface area contributed by atoms with Gasteiger partial charge in [0.15, 0.2) is 5.82 Å². The van der Waals surface area contributed by atoms with Crippen LogP contribution >= 0.6 is 0 Å². The molecule has 4 nitrogen and oxygen atoms in total. The third kappa shape index (κ3) is 2.16. The van der Waals surface area contributed by atoms with Crippen molar-refractivity contribution < 1.29 is 4.52 Å². The lowest BCUT2D eigenvalue weighted by Gasteiger charge is -2.03. The van der Waals surface area contributed by atoms with E-state index in [0.717, 1.165) is 23.4 Å². The van der Waals surface area contributed by atoms with Gasteiger partial charge < -0.3 is 10.3 Å². The number of benzene rings is 1. The Morgan fingerprint density at radius 3 is 2.82 bits per heavy atom. The molecule has 0 saturated heterocycles. The summed E-state index contributed by atoms with van der Waals surface area (Å²) >= 11 is 0. The van der Waals surface area contributed by atoms with E-state index in [0.29, 0.717) is 17.5 Å². The molecule has 1 unspecified atom stereocenters. The maximum absolute atomic E-state index is 5.94. The first-order valence-corrected chi connectivity index (χ1v) is 5.82. The Balaban J connectivity index is 2.44. The predicted molar refractivity (Wildman–Crippen MR) is 67.6 cm³/mol. The zero-order valence-electron chi connectivity index (χ0n) is 10.4. The maximum atomic E-state index is 5.94. The Kier molecular flexibility index (Phi) is 3.13. The minimum absolute atomic E-state index is 0.303. The van der Waals surface area contributed by atoms with Gasteiger partial charge in [-0.15, -0.1) is 0 Å². The van der Waals surface area contributed by atoms with Crippen LogP contribution in [0.15, 0.2) is 22.7 Å². The van der Waals surface area contributed by atoms with Crippen molar-refractivity contribution in [2.75, 3.05) is 5.73 Å². The number of aromatic nitrogens is 2. The van der Waals surface area contributed by atoms with E-state index >= 15 is 0 Å². The van der Waals surface area contributed by atoms with Gasteiger partial charge >= 0.3 is 0 Å². The lowest BCUT2D eigenvalue weighted by Crippen LogP contribution is -1.95. The lowest BCUT2D eigenvalue weighted by atomic mass is 10.1. The van der Waals surface area contributed by atoms with Gasteiger partial charge in [0.1, 0.15) is 0 Å². The number of nitrogens with two attached hydrogens (primary N) is 1. The van der Waals surface area contributed by atoms with Gasteiger partial charge in [-0.25, -0.2) is 0 Å². The molecule has 0 spiro atoms. The molecule has 90 valence electrons. The van der Waals surface area contributed by atoms with Crippen molar-refractivity contribution >= 4 is 5.69 Å². The van der Waals surface area contributed by atoms with Crippen LogP contribution < -0.4 is 5.73 Å². The van der Waals surface area contributed by atoms with Crippen LogP contribution in [0.2, 0.25) is 0 Å². The third-order valence-corrected chi connectivity index (χ3v) is 3.01. The number of nitrogen functional groups attached to an aromatic ring is 1. The summed E-state index contributed by atoms with van der Waals surface area (Å²) in [4.78, 5) is 4.42. The molecule has 0 amide bonds. The van der Waals surface area contributed by atoms with Crippen molar-refractivity contribution in [2.24, 2.45) is 0 Å². The van der Waals surface area contributed by atoms with E-state index in [4.69, 9.17) is 10.3 Å². The van der Waals surface area contributed by atoms with Crippen molar-refractivity contribution in [1.29, 1.82) is 0 Å². The third-order valence-electron chi connectivity index (χ3n) is 3.01. The van der Waals surface area contributed by atoms with E-state index in [2.05, 4.69) is 24.0 Å². The number of hydrogen-bond acceptors (Lipinski definition) is 4. The minimum Gasteiger partial charge on any atom is -0.398 e. The molecule has 1 aromatic heterocycles. The summed E-state index contributed by atoms with van der Waals surface area (Å²) in [5.41, 5.74) is 8.50. The molecule has 1 heterocycles. The average Bonchev–Trinajstić information content (AvgIpc) is 2.77. The van der Waals surface area contributed by atoms with E-state index < -0.39 is 0 Å². The van der Waals surface area contributed by atoms with Gasteiger partial charge in [-0.2, -0.15) is 4.98 Å². The minimum atomic E-state index is 0.303. The van der Waals surface area contributed by atoms with Crippen molar-refractivity contribution in [3.05, 3.63) is 29.6 Å². The van der Waals surface area contributed by atoms with E-state index in [1.165, 1.54) is 0 Å². The molecular weight excluding hydrogens is 214 g/mol. The predicted octanol–water partition coefficient (Wildman–Crippen LogP) is 3.14. The highest BCUT2D eigenvalue weighted by molar-refractivity contribution is 5.73. The Bertz CT molecular complexity index is 499. The van der Waals surface area contributed by atoms with Crippen LogP contribution in [0.5, 0.6) is 0 Å². The summed E-state index contributed by atoms with van der Waals surface area (Å²) < 4.78 is 5.29. The van der Waals surface area contributed by atoms with Crippen molar-refractivity contribution in [3.8, 4) is 11.5 Å². The highest BCUT2D eigenvalue weighted by atomic mass is 16.5. The second-order valence-electron chi connectivity index (χ2n) is 4.31. The molecule has 1 atom stereocenters. The van der Waals surface area contributed by atoms with Gasteiger partial charge in [-0.05, 0) is 25.0 Å². The molecule has 1 aromatic carbocycles. The highest BCUT2D eigenvalue weighted by Crippen LogP contribution is 2.29. The monoisotopic (exact) mass is 231 g/mol. The summed E-state index contributed by atoms with van der Waals surface area (Å²) in [6, 6.07) is 5.74. The Labute approximate surface area is 101 Å². The molecule has 0 bridgehead atoms.